The number of rotatable bonds is 2. The van der Waals surface area contributed by atoms with Gasteiger partial charge in [-0.3, -0.25) is 0 Å². The fourth-order valence-electron chi connectivity index (χ4n) is 1.70. The highest BCUT2D eigenvalue weighted by Crippen LogP contribution is 2.26. The van der Waals surface area contributed by atoms with E-state index in [1.54, 1.807) is 36.4 Å². The highest BCUT2D eigenvalue weighted by Gasteiger charge is 2.08. The van der Waals surface area contributed by atoms with Crippen molar-refractivity contribution in [3.63, 3.8) is 0 Å². The van der Waals surface area contributed by atoms with E-state index in [9.17, 15) is 4.79 Å². The summed E-state index contributed by atoms with van der Waals surface area (Å²) in [6, 6.07) is 9.69. The van der Waals surface area contributed by atoms with Gasteiger partial charge in [-0.2, -0.15) is 0 Å². The molecule has 2 aromatic carbocycles. The molecule has 0 bridgehead atoms. The molecular weight excluding hydrogens is 297 g/mol. The van der Waals surface area contributed by atoms with Crippen LogP contribution in [-0.2, 0) is 0 Å². The third-order valence-corrected chi connectivity index (χ3v) is 3.24. The van der Waals surface area contributed by atoms with E-state index < -0.39 is 6.03 Å². The van der Waals surface area contributed by atoms with E-state index in [4.69, 9.17) is 28.9 Å². The lowest BCUT2D eigenvalue weighted by Gasteiger charge is -2.11. The summed E-state index contributed by atoms with van der Waals surface area (Å²) >= 11 is 11.8. The SMILES string of the molecule is Cc1cc(N)ccc1NC(=O)Nc1cc(Cl)ccc1Cl. The van der Waals surface area contributed by atoms with E-state index in [1.165, 1.54) is 0 Å². The van der Waals surface area contributed by atoms with Gasteiger partial charge in [-0.1, -0.05) is 23.2 Å². The summed E-state index contributed by atoms with van der Waals surface area (Å²) in [7, 11) is 0. The number of nitrogens with two attached hydrogens (primary N) is 1. The van der Waals surface area contributed by atoms with Crippen LogP contribution in [0.4, 0.5) is 21.9 Å². The molecule has 4 N–H and O–H groups in total. The highest BCUT2D eigenvalue weighted by atomic mass is 35.5. The Morgan fingerprint density at radius 3 is 2.45 bits per heavy atom. The zero-order valence-corrected chi connectivity index (χ0v) is 12.2. The van der Waals surface area contributed by atoms with Gasteiger partial charge < -0.3 is 16.4 Å². The summed E-state index contributed by atoms with van der Waals surface area (Å²) in [6.07, 6.45) is 0. The van der Waals surface area contributed by atoms with Crippen LogP contribution >= 0.6 is 23.2 Å². The van der Waals surface area contributed by atoms with Crippen LogP contribution in [0.2, 0.25) is 10.0 Å². The predicted molar refractivity (Wildman–Crippen MR) is 84.7 cm³/mol. The molecule has 0 unspecified atom stereocenters. The van der Waals surface area contributed by atoms with Gasteiger partial charge in [0.25, 0.3) is 0 Å². The Balaban J connectivity index is 2.11. The summed E-state index contributed by atoms with van der Waals surface area (Å²) in [4.78, 5) is 11.9. The molecule has 0 aliphatic carbocycles. The third-order valence-electron chi connectivity index (χ3n) is 2.68. The maximum atomic E-state index is 11.9. The summed E-state index contributed by atoms with van der Waals surface area (Å²) in [5.74, 6) is 0. The standard InChI is InChI=1S/C14H13Cl2N3O/c1-8-6-10(17)3-5-12(8)18-14(20)19-13-7-9(15)2-4-11(13)16/h2-7H,17H2,1H3,(H2,18,19,20). The van der Waals surface area contributed by atoms with Crippen molar-refractivity contribution in [3.05, 3.63) is 52.0 Å². The first kappa shape index (κ1) is 14.5. The summed E-state index contributed by atoms with van der Waals surface area (Å²) < 4.78 is 0. The lowest BCUT2D eigenvalue weighted by Crippen LogP contribution is -2.20. The first-order chi connectivity index (χ1) is 9.45. The molecule has 0 aromatic heterocycles. The molecule has 0 spiro atoms. The van der Waals surface area contributed by atoms with Crippen LogP contribution in [-0.4, -0.2) is 6.03 Å². The summed E-state index contributed by atoms with van der Waals surface area (Å²) in [5.41, 5.74) is 8.30. The van der Waals surface area contributed by atoms with E-state index in [1.807, 2.05) is 6.92 Å². The van der Waals surface area contributed by atoms with Gasteiger partial charge in [-0.25, -0.2) is 4.79 Å². The molecule has 0 saturated heterocycles. The minimum Gasteiger partial charge on any atom is -0.399 e. The number of amides is 2. The van der Waals surface area contributed by atoms with Crippen molar-refractivity contribution in [2.24, 2.45) is 0 Å². The number of aryl methyl sites for hydroxylation is 1. The van der Waals surface area contributed by atoms with Crippen molar-refractivity contribution in [1.82, 2.24) is 0 Å². The number of halogens is 2. The largest absolute Gasteiger partial charge is 0.399 e. The number of nitrogen functional groups attached to an aromatic ring is 1. The lowest BCUT2D eigenvalue weighted by molar-refractivity contribution is 0.262. The van der Waals surface area contributed by atoms with Crippen LogP contribution < -0.4 is 16.4 Å². The fourth-order valence-corrected chi connectivity index (χ4v) is 2.03. The Bertz CT molecular complexity index is 659. The minimum atomic E-state index is -0.401. The third kappa shape index (κ3) is 3.56. The van der Waals surface area contributed by atoms with E-state index in [2.05, 4.69) is 10.6 Å². The highest BCUT2D eigenvalue weighted by molar-refractivity contribution is 6.35. The van der Waals surface area contributed by atoms with Crippen molar-refractivity contribution in [2.45, 2.75) is 6.92 Å². The average Bonchev–Trinajstić information content (AvgIpc) is 2.37. The van der Waals surface area contributed by atoms with Gasteiger partial charge >= 0.3 is 6.03 Å². The zero-order valence-electron chi connectivity index (χ0n) is 10.7. The Labute approximate surface area is 126 Å². The lowest BCUT2D eigenvalue weighted by atomic mass is 10.2. The van der Waals surface area contributed by atoms with E-state index in [0.717, 1.165) is 5.56 Å². The van der Waals surface area contributed by atoms with Gasteiger partial charge in [0.05, 0.1) is 10.7 Å². The quantitative estimate of drug-likeness (QED) is 0.713. The molecule has 2 amide bonds. The van der Waals surface area contributed by atoms with Crippen molar-refractivity contribution in [3.8, 4) is 0 Å². The number of hydrogen-bond acceptors (Lipinski definition) is 2. The average molecular weight is 310 g/mol. The van der Waals surface area contributed by atoms with Gasteiger partial charge in [0, 0.05) is 16.4 Å². The smallest absolute Gasteiger partial charge is 0.323 e. The Kier molecular flexibility index (Phi) is 4.37. The van der Waals surface area contributed by atoms with Crippen LogP contribution in [0.5, 0.6) is 0 Å². The Hall–Kier alpha value is -1.91. The molecule has 0 radical (unpaired) electrons. The molecule has 0 aliphatic rings. The molecule has 20 heavy (non-hydrogen) atoms. The summed E-state index contributed by atoms with van der Waals surface area (Å²) in [5, 5.41) is 6.28. The number of anilines is 3. The second-order valence-electron chi connectivity index (χ2n) is 4.28. The van der Waals surface area contributed by atoms with Gasteiger partial charge in [-0.15, -0.1) is 0 Å². The van der Waals surface area contributed by atoms with Gasteiger partial charge in [-0.05, 0) is 48.9 Å². The Morgan fingerprint density at radius 2 is 1.75 bits per heavy atom. The molecule has 0 aliphatic heterocycles. The van der Waals surface area contributed by atoms with Crippen LogP contribution in [0.1, 0.15) is 5.56 Å². The summed E-state index contributed by atoms with van der Waals surface area (Å²) in [6.45, 7) is 1.86. The van der Waals surface area contributed by atoms with Crippen molar-refractivity contribution in [1.29, 1.82) is 0 Å². The number of benzene rings is 2. The van der Waals surface area contributed by atoms with Crippen LogP contribution in [0.3, 0.4) is 0 Å². The van der Waals surface area contributed by atoms with E-state index in [0.29, 0.717) is 27.1 Å². The molecule has 0 fully saturated rings. The molecule has 2 rings (SSSR count). The molecule has 6 heteroatoms. The second-order valence-corrected chi connectivity index (χ2v) is 5.12. The van der Waals surface area contributed by atoms with Crippen LogP contribution in [0, 0.1) is 6.92 Å². The van der Waals surface area contributed by atoms with Crippen molar-refractivity contribution < 1.29 is 4.79 Å². The van der Waals surface area contributed by atoms with Gasteiger partial charge in [0.1, 0.15) is 0 Å². The molecule has 104 valence electrons. The Morgan fingerprint density at radius 1 is 1.05 bits per heavy atom. The topological polar surface area (TPSA) is 67.1 Å². The maximum Gasteiger partial charge on any atom is 0.323 e. The number of carbonyl (C=O) groups excluding carboxylic acids is 1. The number of nitrogens with one attached hydrogen (secondary N) is 2. The van der Waals surface area contributed by atoms with Crippen LogP contribution in [0.25, 0.3) is 0 Å². The molecule has 4 nitrogen and oxygen atoms in total. The normalized spacial score (nSPS) is 10.2. The van der Waals surface area contributed by atoms with Crippen molar-refractivity contribution in [2.75, 3.05) is 16.4 Å². The number of carbonyl (C=O) groups is 1. The monoisotopic (exact) mass is 309 g/mol. The molecule has 0 saturated carbocycles. The molecule has 2 aromatic rings. The maximum absolute atomic E-state index is 11.9. The molecule has 0 heterocycles. The van der Waals surface area contributed by atoms with Crippen molar-refractivity contribution >= 4 is 46.3 Å². The van der Waals surface area contributed by atoms with E-state index >= 15 is 0 Å². The fraction of sp³-hybridized carbons (Fsp3) is 0.0714. The first-order valence-corrected chi connectivity index (χ1v) is 6.60. The predicted octanol–water partition coefficient (Wildman–Crippen LogP) is 4.53. The van der Waals surface area contributed by atoms with Gasteiger partial charge in [0.2, 0.25) is 0 Å². The number of hydrogen-bond donors (Lipinski definition) is 3. The second kappa shape index (κ2) is 6.03. The van der Waals surface area contributed by atoms with Gasteiger partial charge in [0.15, 0.2) is 0 Å². The van der Waals surface area contributed by atoms with E-state index in [-0.39, 0.29) is 0 Å². The molecular formula is C14H13Cl2N3O. The first-order valence-electron chi connectivity index (χ1n) is 5.85. The minimum absolute atomic E-state index is 0.401. The zero-order chi connectivity index (χ0) is 14.7. The number of urea groups is 1. The van der Waals surface area contributed by atoms with Crippen LogP contribution in [0.15, 0.2) is 36.4 Å². The molecule has 0 atom stereocenters.